The lowest BCUT2D eigenvalue weighted by atomic mass is 9.91. The molecule has 0 saturated carbocycles. The average molecular weight is 458 g/mol. The van der Waals surface area contributed by atoms with Crippen LogP contribution in [0.4, 0.5) is 0 Å². The second-order valence-electron chi connectivity index (χ2n) is 9.23. The molecular weight excluding hydrogens is 430 g/mol. The molecule has 2 aliphatic rings. The molecule has 1 N–H and O–H groups in total. The third-order valence-electron chi connectivity index (χ3n) is 7.01. The number of amides is 1. The number of carbonyl (C=O) groups is 2. The Balaban J connectivity index is 1.82. The molecule has 1 aromatic heterocycles. The van der Waals surface area contributed by atoms with Crippen molar-refractivity contribution in [3.8, 4) is 0 Å². The molecule has 3 aromatic rings. The summed E-state index contributed by atoms with van der Waals surface area (Å²) in [5, 5.41) is 12.0. The molecular formula is C27H27N3O4. The summed E-state index contributed by atoms with van der Waals surface area (Å²) in [7, 11) is 0. The van der Waals surface area contributed by atoms with Crippen LogP contribution in [0.25, 0.3) is 0 Å². The number of pyridine rings is 1. The Kier molecular flexibility index (Phi) is 5.27. The Morgan fingerprint density at radius 2 is 1.74 bits per heavy atom. The molecule has 2 aromatic carbocycles. The zero-order valence-corrected chi connectivity index (χ0v) is 19.5. The van der Waals surface area contributed by atoms with Crippen molar-refractivity contribution in [3.05, 3.63) is 104 Å². The van der Waals surface area contributed by atoms with Gasteiger partial charge in [-0.1, -0.05) is 36.4 Å². The lowest BCUT2D eigenvalue weighted by Gasteiger charge is -2.46. The number of rotatable bonds is 3. The first-order valence-electron chi connectivity index (χ1n) is 11.5. The Hall–Kier alpha value is -3.87. The molecule has 7 nitrogen and oxygen atoms in total. The first kappa shape index (κ1) is 21.9. The minimum Gasteiger partial charge on any atom is -0.478 e. The lowest BCUT2D eigenvalue weighted by molar-refractivity contribution is 0.0625. The fourth-order valence-electron chi connectivity index (χ4n) is 5.24. The number of carboxylic acids is 1. The number of aromatic nitrogens is 1. The third-order valence-corrected chi connectivity index (χ3v) is 7.01. The maximum absolute atomic E-state index is 13.4. The van der Waals surface area contributed by atoms with Crippen molar-refractivity contribution in [2.24, 2.45) is 0 Å². The molecule has 1 amide bonds. The number of hydrogen-bond donors (Lipinski definition) is 1. The highest BCUT2D eigenvalue weighted by Gasteiger charge is 2.38. The largest absolute Gasteiger partial charge is 0.478 e. The second-order valence-corrected chi connectivity index (χ2v) is 9.23. The summed E-state index contributed by atoms with van der Waals surface area (Å²) in [6.45, 7) is 5.91. The van der Waals surface area contributed by atoms with Gasteiger partial charge in [0.1, 0.15) is 12.4 Å². The van der Waals surface area contributed by atoms with Crippen molar-refractivity contribution in [1.29, 1.82) is 0 Å². The normalized spacial score (nSPS) is 17.2. The molecule has 7 heteroatoms. The highest BCUT2D eigenvalue weighted by molar-refractivity contribution is 5.95. The van der Waals surface area contributed by atoms with Gasteiger partial charge in [0, 0.05) is 23.9 Å². The molecule has 1 unspecified atom stereocenters. The van der Waals surface area contributed by atoms with E-state index in [1.165, 1.54) is 6.07 Å². The van der Waals surface area contributed by atoms with Crippen LogP contribution in [0.2, 0.25) is 0 Å². The quantitative estimate of drug-likeness (QED) is 0.651. The maximum Gasteiger partial charge on any atom is 0.335 e. The number of benzene rings is 2. The molecule has 0 saturated heterocycles. The minimum absolute atomic E-state index is 0.0793. The van der Waals surface area contributed by atoms with Gasteiger partial charge in [-0.2, -0.15) is 0 Å². The van der Waals surface area contributed by atoms with Crippen molar-refractivity contribution < 1.29 is 14.7 Å². The van der Waals surface area contributed by atoms with Gasteiger partial charge in [-0.15, -0.1) is 0 Å². The summed E-state index contributed by atoms with van der Waals surface area (Å²) in [5.41, 5.74) is 4.82. The van der Waals surface area contributed by atoms with E-state index in [2.05, 4.69) is 17.1 Å². The molecule has 0 fully saturated rings. The van der Waals surface area contributed by atoms with E-state index in [-0.39, 0.29) is 23.4 Å². The minimum atomic E-state index is -0.945. The van der Waals surface area contributed by atoms with Crippen molar-refractivity contribution in [2.75, 3.05) is 11.7 Å². The molecule has 0 spiro atoms. The van der Waals surface area contributed by atoms with E-state index in [1.54, 1.807) is 34.8 Å². The predicted octanol–water partition coefficient (Wildman–Crippen LogP) is 3.50. The number of carboxylic acid groups (broad SMARTS) is 1. The second kappa shape index (κ2) is 8.17. The van der Waals surface area contributed by atoms with E-state index in [4.69, 9.17) is 0 Å². The molecule has 1 aliphatic heterocycles. The summed E-state index contributed by atoms with van der Waals surface area (Å²) in [6, 6.07) is 14.7. The molecule has 5 rings (SSSR count). The SMILES string of the molecule is Cc1c2n(ccc1=O)N(C1c3ccccc3CCc3c(C(=O)O)cccc31)CN(C(C)C)C2=O. The number of aromatic carboxylic acids is 1. The number of hydrogen-bond acceptors (Lipinski definition) is 4. The summed E-state index contributed by atoms with van der Waals surface area (Å²) < 4.78 is 1.79. The maximum atomic E-state index is 13.4. The van der Waals surface area contributed by atoms with E-state index < -0.39 is 5.97 Å². The average Bonchev–Trinajstić information content (AvgIpc) is 2.98. The Morgan fingerprint density at radius 3 is 2.47 bits per heavy atom. The van der Waals surface area contributed by atoms with E-state index >= 15 is 0 Å². The van der Waals surface area contributed by atoms with E-state index in [0.717, 1.165) is 28.7 Å². The lowest BCUT2D eigenvalue weighted by Crippen LogP contribution is -2.57. The van der Waals surface area contributed by atoms with Crippen LogP contribution in [0.5, 0.6) is 0 Å². The van der Waals surface area contributed by atoms with Crippen LogP contribution in [-0.2, 0) is 12.8 Å². The smallest absolute Gasteiger partial charge is 0.335 e. The summed E-state index contributed by atoms with van der Waals surface area (Å²) in [5.74, 6) is -1.12. The summed E-state index contributed by atoms with van der Waals surface area (Å²) in [4.78, 5) is 39.8. The van der Waals surface area contributed by atoms with Crippen LogP contribution in [0.3, 0.4) is 0 Å². The van der Waals surface area contributed by atoms with Crippen LogP contribution >= 0.6 is 0 Å². The van der Waals surface area contributed by atoms with Gasteiger partial charge < -0.3 is 10.0 Å². The van der Waals surface area contributed by atoms with E-state index in [9.17, 15) is 19.5 Å². The Labute approximate surface area is 197 Å². The molecule has 34 heavy (non-hydrogen) atoms. The zero-order valence-electron chi connectivity index (χ0n) is 19.5. The van der Waals surface area contributed by atoms with Gasteiger partial charge >= 0.3 is 5.97 Å². The number of carbonyl (C=O) groups excluding carboxylic acids is 1. The number of aryl methyl sites for hydroxylation is 1. The summed E-state index contributed by atoms with van der Waals surface area (Å²) in [6.07, 6.45) is 3.00. The van der Waals surface area contributed by atoms with Crippen LogP contribution in [-0.4, -0.2) is 39.3 Å². The van der Waals surface area contributed by atoms with Gasteiger partial charge in [0.2, 0.25) is 0 Å². The number of nitrogens with zero attached hydrogens (tertiary/aromatic N) is 3. The fraction of sp³-hybridized carbons (Fsp3) is 0.296. The molecule has 0 bridgehead atoms. The standard InChI is InChI=1S/C27H27N3O4/c1-16(2)28-15-30(29-14-13-23(31)17(3)24(29)26(28)32)25-19-8-5-4-7-18(19)11-12-20-21(25)9-6-10-22(20)27(33)34/h4-10,13-14,16,25H,11-12,15H2,1-3H3,(H,33,34). The molecule has 2 heterocycles. The molecule has 0 radical (unpaired) electrons. The van der Waals surface area contributed by atoms with E-state index in [1.807, 2.05) is 32.0 Å². The Bertz CT molecular complexity index is 1370. The zero-order chi connectivity index (χ0) is 24.1. The summed E-state index contributed by atoms with van der Waals surface area (Å²) >= 11 is 0. The molecule has 1 aliphatic carbocycles. The molecule has 1 atom stereocenters. The monoisotopic (exact) mass is 457 g/mol. The Morgan fingerprint density at radius 1 is 1.00 bits per heavy atom. The first-order chi connectivity index (χ1) is 16.3. The van der Waals surface area contributed by atoms with E-state index in [0.29, 0.717) is 29.9 Å². The van der Waals surface area contributed by atoms with Gasteiger partial charge in [0.15, 0.2) is 5.43 Å². The topological polar surface area (TPSA) is 82.8 Å². The van der Waals surface area contributed by atoms with Crippen molar-refractivity contribution in [2.45, 2.75) is 45.7 Å². The first-order valence-corrected chi connectivity index (χ1v) is 11.5. The van der Waals surface area contributed by atoms with Crippen LogP contribution in [0.1, 0.15) is 68.6 Å². The van der Waals surface area contributed by atoms with Crippen LogP contribution in [0.15, 0.2) is 59.5 Å². The van der Waals surface area contributed by atoms with Gasteiger partial charge in [0.05, 0.1) is 11.6 Å². The highest BCUT2D eigenvalue weighted by atomic mass is 16.4. The third kappa shape index (κ3) is 3.31. The van der Waals surface area contributed by atoms with Gasteiger partial charge in [0.25, 0.3) is 5.91 Å². The van der Waals surface area contributed by atoms with Gasteiger partial charge in [-0.25, -0.2) is 4.79 Å². The predicted molar refractivity (Wildman–Crippen MR) is 129 cm³/mol. The highest BCUT2D eigenvalue weighted by Crippen LogP contribution is 2.39. The van der Waals surface area contributed by atoms with Crippen molar-refractivity contribution in [1.82, 2.24) is 9.58 Å². The molecule has 174 valence electrons. The van der Waals surface area contributed by atoms with Crippen LogP contribution in [0, 0.1) is 6.92 Å². The van der Waals surface area contributed by atoms with Crippen LogP contribution < -0.4 is 10.4 Å². The van der Waals surface area contributed by atoms with Crippen molar-refractivity contribution in [3.63, 3.8) is 0 Å². The van der Waals surface area contributed by atoms with Gasteiger partial charge in [-0.05, 0) is 61.9 Å². The van der Waals surface area contributed by atoms with Crippen molar-refractivity contribution >= 4 is 11.9 Å². The fourth-order valence-corrected chi connectivity index (χ4v) is 5.24. The number of fused-ring (bicyclic) bond motifs is 3. The van der Waals surface area contributed by atoms with Gasteiger partial charge in [-0.3, -0.25) is 19.3 Å².